The zero-order chi connectivity index (χ0) is 12.7. The van der Waals surface area contributed by atoms with Crippen LogP contribution in [0.2, 0.25) is 0 Å². The second kappa shape index (κ2) is 7.40. The molecule has 0 bridgehead atoms. The van der Waals surface area contributed by atoms with E-state index in [-0.39, 0.29) is 5.56 Å². The van der Waals surface area contributed by atoms with Gasteiger partial charge >= 0.3 is 5.97 Å². The highest BCUT2D eigenvalue weighted by Crippen LogP contribution is 2.21. The maximum Gasteiger partial charge on any atom is 0.337 e. The van der Waals surface area contributed by atoms with Crippen molar-refractivity contribution in [3.05, 3.63) is 40.9 Å². The van der Waals surface area contributed by atoms with Gasteiger partial charge in [-0.1, -0.05) is 22.0 Å². The number of anilines is 1. The average molecular weight is 316 g/mol. The topological polar surface area (TPSA) is 49.3 Å². The van der Waals surface area contributed by atoms with Crippen LogP contribution >= 0.6 is 27.7 Å². The van der Waals surface area contributed by atoms with Crippen LogP contribution in [0.4, 0.5) is 5.69 Å². The Morgan fingerprint density at radius 3 is 3.00 bits per heavy atom. The van der Waals surface area contributed by atoms with E-state index < -0.39 is 5.97 Å². The van der Waals surface area contributed by atoms with Crippen molar-refractivity contribution in [2.45, 2.75) is 0 Å². The van der Waals surface area contributed by atoms with E-state index in [4.69, 9.17) is 5.11 Å². The molecule has 2 N–H and O–H groups in total. The van der Waals surface area contributed by atoms with Gasteiger partial charge in [-0.05, 0) is 18.2 Å². The van der Waals surface area contributed by atoms with Crippen LogP contribution in [-0.2, 0) is 0 Å². The maximum atomic E-state index is 11.0. The summed E-state index contributed by atoms with van der Waals surface area (Å²) in [5.74, 6) is 0.905. The predicted octanol–water partition coefficient (Wildman–Crippen LogP) is 3.48. The average Bonchev–Trinajstić information content (AvgIpc) is 2.30. The molecule has 5 heteroatoms. The summed E-state index contributed by atoms with van der Waals surface area (Å²) < 4.78 is 0.765. The zero-order valence-electron chi connectivity index (χ0n) is 9.28. The lowest BCUT2D eigenvalue weighted by Crippen LogP contribution is -2.09. The maximum absolute atomic E-state index is 11.0. The summed E-state index contributed by atoms with van der Waals surface area (Å²) in [6.45, 7) is 4.38. The molecular weight excluding hydrogens is 302 g/mol. The molecule has 0 heterocycles. The molecule has 0 aliphatic heterocycles. The van der Waals surface area contributed by atoms with Gasteiger partial charge in [-0.15, -0.1) is 6.58 Å². The largest absolute Gasteiger partial charge is 0.478 e. The van der Waals surface area contributed by atoms with Crippen LogP contribution in [0.25, 0.3) is 0 Å². The van der Waals surface area contributed by atoms with Gasteiger partial charge in [-0.3, -0.25) is 0 Å². The Morgan fingerprint density at radius 1 is 1.59 bits per heavy atom. The minimum absolute atomic E-state index is 0.285. The van der Waals surface area contributed by atoms with Crippen molar-refractivity contribution in [2.24, 2.45) is 0 Å². The lowest BCUT2D eigenvalue weighted by atomic mass is 10.2. The first-order valence-electron chi connectivity index (χ1n) is 5.10. The molecule has 0 fully saturated rings. The molecule has 0 aliphatic rings. The van der Waals surface area contributed by atoms with Gasteiger partial charge in [0.25, 0.3) is 0 Å². The highest BCUT2D eigenvalue weighted by Gasteiger charge is 2.09. The molecule has 1 aromatic carbocycles. The molecule has 0 spiro atoms. The molecule has 1 aromatic rings. The molecule has 92 valence electrons. The highest BCUT2D eigenvalue weighted by atomic mass is 79.9. The number of halogens is 1. The summed E-state index contributed by atoms with van der Waals surface area (Å²) in [6.07, 6.45) is 1.85. The number of benzene rings is 1. The van der Waals surface area contributed by atoms with Gasteiger partial charge < -0.3 is 10.4 Å². The van der Waals surface area contributed by atoms with E-state index in [0.717, 1.165) is 22.5 Å². The van der Waals surface area contributed by atoms with Crippen LogP contribution in [0.3, 0.4) is 0 Å². The van der Waals surface area contributed by atoms with E-state index >= 15 is 0 Å². The summed E-state index contributed by atoms with van der Waals surface area (Å²) in [7, 11) is 0. The number of carbonyl (C=O) groups is 1. The van der Waals surface area contributed by atoms with Crippen LogP contribution in [0.5, 0.6) is 0 Å². The molecule has 3 nitrogen and oxygen atoms in total. The molecule has 17 heavy (non-hydrogen) atoms. The number of hydrogen-bond acceptors (Lipinski definition) is 3. The lowest BCUT2D eigenvalue weighted by molar-refractivity contribution is 0.0698. The fourth-order valence-electron chi connectivity index (χ4n) is 1.27. The molecule has 0 saturated carbocycles. The molecule has 0 radical (unpaired) electrons. The quantitative estimate of drug-likeness (QED) is 0.597. The third-order valence-corrected chi connectivity index (χ3v) is 3.47. The van der Waals surface area contributed by atoms with E-state index in [1.165, 1.54) is 0 Å². The van der Waals surface area contributed by atoms with Crippen LogP contribution in [0, 0.1) is 0 Å². The lowest BCUT2D eigenvalue weighted by Gasteiger charge is -2.09. The van der Waals surface area contributed by atoms with Crippen molar-refractivity contribution in [3.8, 4) is 0 Å². The van der Waals surface area contributed by atoms with Gasteiger partial charge in [0, 0.05) is 28.2 Å². The second-order valence-corrected chi connectivity index (χ2v) is 5.35. The third kappa shape index (κ3) is 4.83. The summed E-state index contributed by atoms with van der Waals surface area (Å²) >= 11 is 5.01. The molecule has 0 atom stereocenters. The van der Waals surface area contributed by atoms with Crippen molar-refractivity contribution in [1.29, 1.82) is 0 Å². The van der Waals surface area contributed by atoms with Crippen LogP contribution < -0.4 is 5.32 Å². The third-order valence-electron chi connectivity index (χ3n) is 2.01. The molecule has 0 aliphatic carbocycles. The number of carboxylic acids is 1. The Morgan fingerprint density at radius 2 is 2.35 bits per heavy atom. The normalized spacial score (nSPS) is 9.94. The van der Waals surface area contributed by atoms with Gasteiger partial charge in [-0.25, -0.2) is 4.79 Å². The molecule has 0 unspecified atom stereocenters. The predicted molar refractivity (Wildman–Crippen MR) is 77.1 cm³/mol. The Kier molecular flexibility index (Phi) is 6.15. The van der Waals surface area contributed by atoms with Crippen molar-refractivity contribution in [2.75, 3.05) is 23.4 Å². The summed E-state index contributed by atoms with van der Waals surface area (Å²) in [4.78, 5) is 11.0. The van der Waals surface area contributed by atoms with Crippen LogP contribution in [0.1, 0.15) is 10.4 Å². The van der Waals surface area contributed by atoms with Crippen LogP contribution in [0.15, 0.2) is 35.3 Å². The SMILES string of the molecule is C=CCSCCNc1ccc(Br)cc1C(=O)O. The van der Waals surface area contributed by atoms with E-state index in [0.29, 0.717) is 5.69 Å². The Bertz CT molecular complexity index is 409. The van der Waals surface area contributed by atoms with Gasteiger partial charge in [0.15, 0.2) is 0 Å². The second-order valence-electron chi connectivity index (χ2n) is 3.29. The van der Waals surface area contributed by atoms with Crippen molar-refractivity contribution >= 4 is 39.3 Å². The molecule has 0 aromatic heterocycles. The summed E-state index contributed by atoms with van der Waals surface area (Å²) in [5.41, 5.74) is 0.938. The van der Waals surface area contributed by atoms with Gasteiger partial charge in [0.05, 0.1) is 5.56 Å². The fraction of sp³-hybridized carbons (Fsp3) is 0.250. The number of aromatic carboxylic acids is 1. The van der Waals surface area contributed by atoms with Crippen LogP contribution in [-0.4, -0.2) is 29.1 Å². The minimum Gasteiger partial charge on any atom is -0.478 e. The first-order valence-corrected chi connectivity index (χ1v) is 7.05. The fourth-order valence-corrected chi connectivity index (χ4v) is 2.21. The molecular formula is C12H14BrNO2S. The standard InChI is InChI=1S/C12H14BrNO2S/c1-2-6-17-7-5-14-11-4-3-9(13)8-10(11)12(15)16/h2-4,8,14H,1,5-7H2,(H,15,16). The smallest absolute Gasteiger partial charge is 0.337 e. The molecule has 0 amide bonds. The van der Waals surface area contributed by atoms with E-state index in [1.54, 1.807) is 23.9 Å². The Hall–Kier alpha value is -0.940. The minimum atomic E-state index is -0.924. The first kappa shape index (κ1) is 14.1. The summed E-state index contributed by atoms with van der Waals surface area (Å²) in [5, 5.41) is 12.2. The number of rotatable bonds is 7. The number of carboxylic acid groups (broad SMARTS) is 1. The van der Waals surface area contributed by atoms with E-state index in [2.05, 4.69) is 27.8 Å². The molecule has 1 rings (SSSR count). The Balaban J connectivity index is 2.58. The number of hydrogen-bond donors (Lipinski definition) is 2. The zero-order valence-corrected chi connectivity index (χ0v) is 11.7. The van der Waals surface area contributed by atoms with E-state index in [1.807, 2.05) is 12.1 Å². The van der Waals surface area contributed by atoms with Gasteiger partial charge in [0.2, 0.25) is 0 Å². The highest BCUT2D eigenvalue weighted by molar-refractivity contribution is 9.10. The van der Waals surface area contributed by atoms with Gasteiger partial charge in [0.1, 0.15) is 0 Å². The van der Waals surface area contributed by atoms with E-state index in [9.17, 15) is 4.79 Å². The van der Waals surface area contributed by atoms with Gasteiger partial charge in [-0.2, -0.15) is 11.8 Å². The monoisotopic (exact) mass is 315 g/mol. The number of nitrogens with one attached hydrogen (secondary N) is 1. The van der Waals surface area contributed by atoms with Crippen molar-refractivity contribution < 1.29 is 9.90 Å². The van der Waals surface area contributed by atoms with Crippen molar-refractivity contribution in [1.82, 2.24) is 0 Å². The first-order chi connectivity index (χ1) is 8.15. The van der Waals surface area contributed by atoms with Crippen molar-refractivity contribution in [3.63, 3.8) is 0 Å². The Labute approximate surface area is 113 Å². The molecule has 0 saturated heterocycles. The number of thioether (sulfide) groups is 1. The summed E-state index contributed by atoms with van der Waals surface area (Å²) in [6, 6.07) is 5.19.